The molecule has 0 aliphatic heterocycles. The SMILES string of the molecule is Nc1ccc(C(O)CNC(=O)c2ccc(F)cc2Br)cc1. The Hall–Kier alpha value is -1.92. The van der Waals surface area contributed by atoms with Gasteiger partial charge < -0.3 is 16.2 Å². The summed E-state index contributed by atoms with van der Waals surface area (Å²) >= 11 is 3.13. The van der Waals surface area contributed by atoms with Crippen LogP contribution in [0.3, 0.4) is 0 Å². The highest BCUT2D eigenvalue weighted by Gasteiger charge is 2.13. The van der Waals surface area contributed by atoms with Crippen molar-refractivity contribution in [2.45, 2.75) is 6.10 Å². The van der Waals surface area contributed by atoms with E-state index >= 15 is 0 Å². The van der Waals surface area contributed by atoms with Crippen LogP contribution in [-0.4, -0.2) is 17.6 Å². The van der Waals surface area contributed by atoms with Crippen LogP contribution in [0, 0.1) is 5.82 Å². The van der Waals surface area contributed by atoms with Gasteiger partial charge in [0.1, 0.15) is 5.82 Å². The van der Waals surface area contributed by atoms with Crippen molar-refractivity contribution in [1.82, 2.24) is 5.32 Å². The third-order valence-electron chi connectivity index (χ3n) is 2.95. The number of aliphatic hydroxyl groups is 1. The molecule has 21 heavy (non-hydrogen) atoms. The number of carbonyl (C=O) groups excluding carboxylic acids is 1. The molecule has 4 N–H and O–H groups in total. The lowest BCUT2D eigenvalue weighted by atomic mass is 10.1. The van der Waals surface area contributed by atoms with Crippen molar-refractivity contribution in [3.63, 3.8) is 0 Å². The Balaban J connectivity index is 1.99. The summed E-state index contributed by atoms with van der Waals surface area (Å²) in [6.07, 6.45) is -0.839. The lowest BCUT2D eigenvalue weighted by Gasteiger charge is -2.13. The minimum atomic E-state index is -0.839. The minimum Gasteiger partial charge on any atom is -0.399 e. The number of benzene rings is 2. The molecule has 1 atom stereocenters. The van der Waals surface area contributed by atoms with Crippen LogP contribution in [0.2, 0.25) is 0 Å². The molecular weight excluding hydrogens is 339 g/mol. The average molecular weight is 353 g/mol. The van der Waals surface area contributed by atoms with E-state index in [0.29, 0.717) is 21.3 Å². The summed E-state index contributed by atoms with van der Waals surface area (Å²) < 4.78 is 13.3. The van der Waals surface area contributed by atoms with Crippen molar-refractivity contribution in [3.05, 3.63) is 63.9 Å². The molecule has 0 spiro atoms. The molecule has 2 rings (SSSR count). The maximum absolute atomic E-state index is 13.0. The Labute approximate surface area is 129 Å². The molecule has 1 unspecified atom stereocenters. The van der Waals surface area contributed by atoms with E-state index in [0.717, 1.165) is 0 Å². The Morgan fingerprint density at radius 2 is 1.95 bits per heavy atom. The molecule has 2 aromatic rings. The Morgan fingerprint density at radius 3 is 2.57 bits per heavy atom. The normalized spacial score (nSPS) is 12.0. The monoisotopic (exact) mass is 352 g/mol. The number of nitrogen functional groups attached to an aromatic ring is 1. The minimum absolute atomic E-state index is 0.0482. The molecule has 110 valence electrons. The van der Waals surface area contributed by atoms with Crippen LogP contribution in [0.1, 0.15) is 22.0 Å². The van der Waals surface area contributed by atoms with Gasteiger partial charge in [-0.15, -0.1) is 0 Å². The standard InChI is InChI=1S/C15H14BrFN2O2/c16-13-7-10(17)3-6-12(13)15(21)19-8-14(20)9-1-4-11(18)5-2-9/h1-7,14,20H,8,18H2,(H,19,21). The third-order valence-corrected chi connectivity index (χ3v) is 3.61. The molecule has 4 nitrogen and oxygen atoms in total. The van der Waals surface area contributed by atoms with Gasteiger partial charge in [0.25, 0.3) is 5.91 Å². The van der Waals surface area contributed by atoms with Crippen molar-refractivity contribution < 1.29 is 14.3 Å². The number of anilines is 1. The molecule has 0 aliphatic rings. The van der Waals surface area contributed by atoms with Crippen molar-refractivity contribution in [1.29, 1.82) is 0 Å². The number of nitrogens with one attached hydrogen (secondary N) is 1. The highest BCUT2D eigenvalue weighted by molar-refractivity contribution is 9.10. The molecule has 0 aliphatic carbocycles. The molecular formula is C15H14BrFN2O2. The van der Waals surface area contributed by atoms with E-state index in [1.165, 1.54) is 18.2 Å². The van der Waals surface area contributed by atoms with E-state index in [2.05, 4.69) is 21.2 Å². The van der Waals surface area contributed by atoms with Gasteiger partial charge in [0, 0.05) is 16.7 Å². The van der Waals surface area contributed by atoms with E-state index in [-0.39, 0.29) is 6.54 Å². The summed E-state index contributed by atoms with van der Waals surface area (Å²) in [5, 5.41) is 12.6. The number of rotatable bonds is 4. The highest BCUT2D eigenvalue weighted by Crippen LogP contribution is 2.18. The molecule has 0 heterocycles. The van der Waals surface area contributed by atoms with Crippen LogP contribution < -0.4 is 11.1 Å². The zero-order valence-electron chi connectivity index (χ0n) is 11.0. The first-order valence-electron chi connectivity index (χ1n) is 6.24. The second-order valence-electron chi connectivity index (χ2n) is 4.52. The number of amides is 1. The molecule has 6 heteroatoms. The fourth-order valence-electron chi connectivity index (χ4n) is 1.79. The van der Waals surface area contributed by atoms with E-state index in [1.807, 2.05) is 0 Å². The summed E-state index contributed by atoms with van der Waals surface area (Å²) in [7, 11) is 0. The second kappa shape index (κ2) is 6.69. The first-order chi connectivity index (χ1) is 9.97. The summed E-state index contributed by atoms with van der Waals surface area (Å²) in [4.78, 5) is 12.0. The topological polar surface area (TPSA) is 75.3 Å². The van der Waals surface area contributed by atoms with Crippen molar-refractivity contribution in [2.24, 2.45) is 0 Å². The van der Waals surface area contributed by atoms with Crippen molar-refractivity contribution in [3.8, 4) is 0 Å². The summed E-state index contributed by atoms with van der Waals surface area (Å²) in [6.45, 7) is 0.0482. The number of aliphatic hydroxyl groups excluding tert-OH is 1. The Kier molecular flexibility index (Phi) is 4.93. The molecule has 0 saturated heterocycles. The first kappa shape index (κ1) is 15.5. The van der Waals surface area contributed by atoms with E-state index < -0.39 is 17.8 Å². The Bertz CT molecular complexity index is 647. The van der Waals surface area contributed by atoms with E-state index in [4.69, 9.17) is 5.73 Å². The van der Waals surface area contributed by atoms with Crippen LogP contribution in [0.4, 0.5) is 10.1 Å². The van der Waals surface area contributed by atoms with Crippen molar-refractivity contribution in [2.75, 3.05) is 12.3 Å². The Morgan fingerprint density at radius 1 is 1.29 bits per heavy atom. The molecule has 0 fully saturated rings. The largest absolute Gasteiger partial charge is 0.399 e. The van der Waals surface area contributed by atoms with Gasteiger partial charge in [0.15, 0.2) is 0 Å². The molecule has 0 bridgehead atoms. The summed E-state index contributed by atoms with van der Waals surface area (Å²) in [6, 6.07) is 10.5. The van der Waals surface area contributed by atoms with Gasteiger partial charge in [-0.25, -0.2) is 4.39 Å². The van der Waals surface area contributed by atoms with Crippen LogP contribution in [0.25, 0.3) is 0 Å². The zero-order chi connectivity index (χ0) is 15.4. The van der Waals surface area contributed by atoms with Crippen molar-refractivity contribution >= 4 is 27.5 Å². The van der Waals surface area contributed by atoms with Gasteiger partial charge in [0.05, 0.1) is 11.7 Å². The van der Waals surface area contributed by atoms with Gasteiger partial charge >= 0.3 is 0 Å². The average Bonchev–Trinajstić information content (AvgIpc) is 2.45. The number of carbonyl (C=O) groups is 1. The fraction of sp³-hybridized carbons (Fsp3) is 0.133. The quantitative estimate of drug-likeness (QED) is 0.740. The van der Waals surface area contributed by atoms with E-state index in [1.54, 1.807) is 24.3 Å². The third kappa shape index (κ3) is 4.03. The lowest BCUT2D eigenvalue weighted by molar-refractivity contribution is 0.0915. The van der Waals surface area contributed by atoms with Crippen LogP contribution in [-0.2, 0) is 0 Å². The van der Waals surface area contributed by atoms with Crippen LogP contribution in [0.5, 0.6) is 0 Å². The number of halogens is 2. The molecule has 0 aromatic heterocycles. The predicted molar refractivity (Wildman–Crippen MR) is 82.2 cm³/mol. The summed E-state index contributed by atoms with van der Waals surface area (Å²) in [5.74, 6) is -0.822. The summed E-state index contributed by atoms with van der Waals surface area (Å²) in [5.41, 5.74) is 7.13. The van der Waals surface area contributed by atoms with E-state index in [9.17, 15) is 14.3 Å². The zero-order valence-corrected chi connectivity index (χ0v) is 12.6. The molecule has 2 aromatic carbocycles. The molecule has 0 radical (unpaired) electrons. The number of hydrogen-bond acceptors (Lipinski definition) is 3. The number of hydrogen-bond donors (Lipinski definition) is 3. The van der Waals surface area contributed by atoms with Gasteiger partial charge in [0.2, 0.25) is 0 Å². The van der Waals surface area contributed by atoms with Gasteiger partial charge in [-0.05, 0) is 51.8 Å². The maximum atomic E-state index is 13.0. The molecule has 0 saturated carbocycles. The van der Waals surface area contributed by atoms with Crippen LogP contribution in [0.15, 0.2) is 46.9 Å². The maximum Gasteiger partial charge on any atom is 0.252 e. The fourth-order valence-corrected chi connectivity index (χ4v) is 2.33. The molecule has 1 amide bonds. The smallest absolute Gasteiger partial charge is 0.252 e. The number of nitrogens with two attached hydrogens (primary N) is 1. The van der Waals surface area contributed by atoms with Crippen LogP contribution >= 0.6 is 15.9 Å². The highest BCUT2D eigenvalue weighted by atomic mass is 79.9. The van der Waals surface area contributed by atoms with Gasteiger partial charge in [-0.2, -0.15) is 0 Å². The predicted octanol–water partition coefficient (Wildman–Crippen LogP) is 2.63. The second-order valence-corrected chi connectivity index (χ2v) is 5.37. The van der Waals surface area contributed by atoms with Gasteiger partial charge in [-0.3, -0.25) is 4.79 Å². The van der Waals surface area contributed by atoms with Gasteiger partial charge in [-0.1, -0.05) is 12.1 Å². The first-order valence-corrected chi connectivity index (χ1v) is 7.03. The lowest BCUT2D eigenvalue weighted by Crippen LogP contribution is -2.28.